The van der Waals surface area contributed by atoms with Gasteiger partial charge in [0.2, 0.25) is 0 Å². The molecular formula is C12H17N5O2S. The van der Waals surface area contributed by atoms with E-state index < -0.39 is 0 Å². The Hall–Kier alpha value is -1.51. The molecule has 20 heavy (non-hydrogen) atoms. The van der Waals surface area contributed by atoms with Crippen LogP contribution >= 0.6 is 11.3 Å². The van der Waals surface area contributed by atoms with Crippen molar-refractivity contribution in [3.63, 3.8) is 0 Å². The van der Waals surface area contributed by atoms with Crippen molar-refractivity contribution >= 4 is 11.3 Å². The van der Waals surface area contributed by atoms with Crippen LogP contribution in [0.1, 0.15) is 13.8 Å². The average Bonchev–Trinajstić information content (AvgIpc) is 2.99. The van der Waals surface area contributed by atoms with E-state index >= 15 is 0 Å². The third-order valence-electron chi connectivity index (χ3n) is 3.18. The SMILES string of the molecule is C[C@H]1CN(Cn2nnn(-c3cccs3)c2=O)C[C@H](C)O1. The highest BCUT2D eigenvalue weighted by atomic mass is 32.1. The minimum atomic E-state index is -0.209. The van der Waals surface area contributed by atoms with Crippen LogP contribution in [0.5, 0.6) is 0 Å². The standard InChI is InChI=1S/C12H17N5O2S/c1-9-6-15(7-10(2)19-9)8-16-12(18)17(14-13-16)11-4-3-5-20-11/h3-5,9-10H,6-8H2,1-2H3/t9-,10-/m0/s1. The van der Waals surface area contributed by atoms with E-state index in [2.05, 4.69) is 15.3 Å². The van der Waals surface area contributed by atoms with Crippen molar-refractivity contribution in [2.24, 2.45) is 0 Å². The molecule has 1 aliphatic rings. The second kappa shape index (κ2) is 5.47. The highest BCUT2D eigenvalue weighted by molar-refractivity contribution is 7.12. The zero-order chi connectivity index (χ0) is 14.1. The molecule has 0 spiro atoms. The number of morpholine rings is 1. The Morgan fingerprint density at radius 1 is 1.35 bits per heavy atom. The van der Waals surface area contributed by atoms with E-state index in [1.54, 1.807) is 0 Å². The van der Waals surface area contributed by atoms with E-state index in [1.807, 2.05) is 31.4 Å². The molecule has 0 saturated carbocycles. The van der Waals surface area contributed by atoms with E-state index in [9.17, 15) is 4.79 Å². The largest absolute Gasteiger partial charge is 0.373 e. The van der Waals surface area contributed by atoms with Gasteiger partial charge in [-0.25, -0.2) is 4.79 Å². The summed E-state index contributed by atoms with van der Waals surface area (Å²) in [7, 11) is 0. The highest BCUT2D eigenvalue weighted by Crippen LogP contribution is 2.12. The van der Waals surface area contributed by atoms with Gasteiger partial charge < -0.3 is 4.74 Å². The number of nitrogens with zero attached hydrogens (tertiary/aromatic N) is 5. The number of aromatic nitrogens is 4. The van der Waals surface area contributed by atoms with Crippen LogP contribution < -0.4 is 5.69 Å². The van der Waals surface area contributed by atoms with Crippen LogP contribution in [0.15, 0.2) is 22.3 Å². The molecule has 7 nitrogen and oxygen atoms in total. The summed E-state index contributed by atoms with van der Waals surface area (Å²) in [6.07, 6.45) is 0.337. The molecule has 3 rings (SSSR count). The number of hydrogen-bond acceptors (Lipinski definition) is 6. The summed E-state index contributed by atoms with van der Waals surface area (Å²) in [5, 5.41) is 10.6. The van der Waals surface area contributed by atoms with Crippen molar-refractivity contribution < 1.29 is 4.74 Å². The Balaban J connectivity index is 1.77. The fourth-order valence-electron chi connectivity index (χ4n) is 2.48. The molecule has 0 unspecified atom stereocenters. The van der Waals surface area contributed by atoms with E-state index in [-0.39, 0.29) is 17.9 Å². The molecule has 0 amide bonds. The van der Waals surface area contributed by atoms with E-state index in [0.29, 0.717) is 6.67 Å². The van der Waals surface area contributed by atoms with Gasteiger partial charge in [-0.05, 0) is 41.8 Å². The molecule has 0 aromatic carbocycles. The summed E-state index contributed by atoms with van der Waals surface area (Å²) in [6.45, 7) is 6.11. The predicted molar refractivity (Wildman–Crippen MR) is 75.1 cm³/mol. The first-order valence-corrected chi connectivity index (χ1v) is 7.46. The fraction of sp³-hybridized carbons (Fsp3) is 0.583. The van der Waals surface area contributed by atoms with Gasteiger partial charge in [-0.2, -0.15) is 9.36 Å². The van der Waals surface area contributed by atoms with Crippen LogP contribution in [0, 0.1) is 0 Å². The highest BCUT2D eigenvalue weighted by Gasteiger charge is 2.23. The normalized spacial score (nSPS) is 24.1. The van der Waals surface area contributed by atoms with Crippen LogP contribution in [-0.2, 0) is 11.4 Å². The van der Waals surface area contributed by atoms with Crippen molar-refractivity contribution in [1.29, 1.82) is 0 Å². The molecule has 0 N–H and O–H groups in total. The number of tetrazole rings is 1. The quantitative estimate of drug-likeness (QED) is 0.828. The molecule has 0 radical (unpaired) electrons. The molecule has 1 fully saturated rings. The van der Waals surface area contributed by atoms with Gasteiger partial charge in [0.1, 0.15) is 11.7 Å². The summed E-state index contributed by atoms with van der Waals surface area (Å²) in [4.78, 5) is 14.4. The van der Waals surface area contributed by atoms with Crippen molar-refractivity contribution in [2.75, 3.05) is 13.1 Å². The number of hydrogen-bond donors (Lipinski definition) is 0. The van der Waals surface area contributed by atoms with Crippen LogP contribution in [0.25, 0.3) is 5.00 Å². The maximum Gasteiger partial charge on any atom is 0.370 e. The summed E-state index contributed by atoms with van der Waals surface area (Å²) < 4.78 is 8.40. The lowest BCUT2D eigenvalue weighted by atomic mass is 10.2. The van der Waals surface area contributed by atoms with Crippen LogP contribution in [0.3, 0.4) is 0 Å². The number of ether oxygens (including phenoxy) is 1. The zero-order valence-electron chi connectivity index (χ0n) is 11.5. The summed E-state index contributed by atoms with van der Waals surface area (Å²) in [6, 6.07) is 3.74. The monoisotopic (exact) mass is 295 g/mol. The molecule has 0 aliphatic carbocycles. The van der Waals surface area contributed by atoms with Gasteiger partial charge in [0, 0.05) is 13.1 Å². The van der Waals surface area contributed by atoms with Gasteiger partial charge in [-0.1, -0.05) is 0 Å². The molecule has 0 bridgehead atoms. The van der Waals surface area contributed by atoms with E-state index in [1.165, 1.54) is 20.7 Å². The van der Waals surface area contributed by atoms with Crippen molar-refractivity contribution in [2.45, 2.75) is 32.7 Å². The Morgan fingerprint density at radius 2 is 2.10 bits per heavy atom. The summed E-state index contributed by atoms with van der Waals surface area (Å²) in [5.74, 6) is 0. The Labute approximate surface area is 120 Å². The minimum absolute atomic E-state index is 0.168. The summed E-state index contributed by atoms with van der Waals surface area (Å²) >= 11 is 1.46. The number of thiophene rings is 1. The fourth-order valence-corrected chi connectivity index (χ4v) is 3.15. The first-order chi connectivity index (χ1) is 9.63. The second-order valence-electron chi connectivity index (χ2n) is 5.06. The maximum absolute atomic E-state index is 12.3. The first kappa shape index (κ1) is 13.5. The molecule has 8 heteroatoms. The third-order valence-corrected chi connectivity index (χ3v) is 4.03. The lowest BCUT2D eigenvalue weighted by molar-refractivity contribution is -0.0779. The Bertz CT molecular complexity index is 610. The lowest BCUT2D eigenvalue weighted by Gasteiger charge is -2.34. The topological polar surface area (TPSA) is 65.2 Å². The van der Waals surface area contributed by atoms with Gasteiger partial charge in [0.25, 0.3) is 0 Å². The van der Waals surface area contributed by atoms with Crippen molar-refractivity contribution in [3.8, 4) is 5.00 Å². The van der Waals surface area contributed by atoms with Gasteiger partial charge >= 0.3 is 5.69 Å². The summed E-state index contributed by atoms with van der Waals surface area (Å²) in [5.41, 5.74) is -0.209. The molecule has 108 valence electrons. The van der Waals surface area contributed by atoms with Gasteiger partial charge in [0.05, 0.1) is 12.2 Å². The molecule has 1 aliphatic heterocycles. The Kier molecular flexibility index (Phi) is 3.68. The van der Waals surface area contributed by atoms with Crippen LogP contribution in [0.4, 0.5) is 0 Å². The molecule has 2 aromatic rings. The predicted octanol–water partition coefficient (Wildman–Crippen LogP) is 0.557. The molecule has 2 atom stereocenters. The van der Waals surface area contributed by atoms with Crippen LogP contribution in [-0.4, -0.2) is 50.0 Å². The zero-order valence-corrected chi connectivity index (χ0v) is 12.3. The van der Waals surface area contributed by atoms with E-state index in [0.717, 1.165) is 18.1 Å². The smallest absolute Gasteiger partial charge is 0.370 e. The van der Waals surface area contributed by atoms with Crippen LogP contribution in [0.2, 0.25) is 0 Å². The Morgan fingerprint density at radius 3 is 2.75 bits per heavy atom. The van der Waals surface area contributed by atoms with Gasteiger partial charge in [-0.15, -0.1) is 11.3 Å². The van der Waals surface area contributed by atoms with Crippen molar-refractivity contribution in [1.82, 2.24) is 24.7 Å². The van der Waals surface area contributed by atoms with Gasteiger partial charge in [0.15, 0.2) is 0 Å². The average molecular weight is 295 g/mol. The maximum atomic E-state index is 12.3. The molecular weight excluding hydrogens is 278 g/mol. The number of rotatable bonds is 3. The van der Waals surface area contributed by atoms with Gasteiger partial charge in [-0.3, -0.25) is 4.90 Å². The third kappa shape index (κ3) is 2.67. The van der Waals surface area contributed by atoms with Crippen molar-refractivity contribution in [3.05, 3.63) is 28.0 Å². The molecule has 3 heterocycles. The second-order valence-corrected chi connectivity index (χ2v) is 5.98. The molecule has 2 aromatic heterocycles. The lowest BCUT2D eigenvalue weighted by Crippen LogP contribution is -2.47. The molecule has 1 saturated heterocycles. The van der Waals surface area contributed by atoms with E-state index in [4.69, 9.17) is 4.74 Å². The first-order valence-electron chi connectivity index (χ1n) is 6.58. The minimum Gasteiger partial charge on any atom is -0.373 e.